The summed E-state index contributed by atoms with van der Waals surface area (Å²) in [5.74, 6) is 0.337. The van der Waals surface area contributed by atoms with Crippen LogP contribution in [0, 0.1) is 5.92 Å². The van der Waals surface area contributed by atoms with E-state index in [0.29, 0.717) is 5.92 Å². The van der Waals surface area contributed by atoms with Gasteiger partial charge in [-0.3, -0.25) is 0 Å². The summed E-state index contributed by atoms with van der Waals surface area (Å²) in [6.07, 6.45) is 6.35. The first-order valence-electron chi connectivity index (χ1n) is 7.38. The van der Waals surface area contributed by atoms with Crippen molar-refractivity contribution in [2.24, 2.45) is 5.92 Å². The fourth-order valence-electron chi connectivity index (χ4n) is 1.63. The van der Waals surface area contributed by atoms with Gasteiger partial charge in [0, 0.05) is 0 Å². The number of carbonyl (C=O) groups is 1. The summed E-state index contributed by atoms with van der Waals surface area (Å²) >= 11 is 0. The van der Waals surface area contributed by atoms with E-state index >= 15 is 0 Å². The van der Waals surface area contributed by atoms with E-state index in [2.05, 4.69) is 13.8 Å². The van der Waals surface area contributed by atoms with Crippen LogP contribution in [0.2, 0.25) is 0 Å². The molecule has 0 spiro atoms. The molecule has 1 aliphatic carbocycles. The molecule has 1 atom stereocenters. The second kappa shape index (κ2) is 10.2. The SMILES string of the molecule is CC(C)C(C)OC(=O)OC1CCCCC1.CCC. The van der Waals surface area contributed by atoms with Gasteiger partial charge in [-0.15, -0.1) is 0 Å². The van der Waals surface area contributed by atoms with Gasteiger partial charge in [-0.25, -0.2) is 4.79 Å². The van der Waals surface area contributed by atoms with E-state index in [9.17, 15) is 4.79 Å². The highest BCUT2D eigenvalue weighted by Crippen LogP contribution is 2.21. The first-order valence-corrected chi connectivity index (χ1v) is 7.38. The molecule has 0 aromatic rings. The molecule has 0 aromatic carbocycles. The van der Waals surface area contributed by atoms with Crippen molar-refractivity contribution >= 4 is 6.16 Å². The second-order valence-corrected chi connectivity index (χ2v) is 5.40. The lowest BCUT2D eigenvalue weighted by molar-refractivity contribution is -0.0167. The molecule has 1 saturated carbocycles. The second-order valence-electron chi connectivity index (χ2n) is 5.40. The zero-order valence-corrected chi connectivity index (χ0v) is 12.7. The highest BCUT2D eigenvalue weighted by atomic mass is 16.7. The van der Waals surface area contributed by atoms with Gasteiger partial charge in [0.15, 0.2) is 0 Å². The van der Waals surface area contributed by atoms with Crippen molar-refractivity contribution in [1.29, 1.82) is 0 Å². The monoisotopic (exact) mass is 258 g/mol. The number of hydrogen-bond acceptors (Lipinski definition) is 3. The van der Waals surface area contributed by atoms with Gasteiger partial charge in [-0.1, -0.05) is 40.5 Å². The quantitative estimate of drug-likeness (QED) is 0.673. The first kappa shape index (κ1) is 17.3. The lowest BCUT2D eigenvalue weighted by atomic mass is 9.98. The van der Waals surface area contributed by atoms with Crippen molar-refractivity contribution in [2.45, 2.75) is 85.4 Å². The molecule has 0 amide bonds. The van der Waals surface area contributed by atoms with E-state index in [0.717, 1.165) is 25.7 Å². The minimum atomic E-state index is -0.497. The van der Waals surface area contributed by atoms with E-state index in [1.54, 1.807) is 0 Å². The van der Waals surface area contributed by atoms with E-state index in [1.807, 2.05) is 20.8 Å². The third-order valence-electron chi connectivity index (χ3n) is 3.04. The Kier molecular flexibility index (Phi) is 9.80. The van der Waals surface area contributed by atoms with Crippen LogP contribution in [0.4, 0.5) is 4.79 Å². The Hall–Kier alpha value is -0.730. The Labute approximate surface area is 112 Å². The van der Waals surface area contributed by atoms with Crippen LogP contribution < -0.4 is 0 Å². The van der Waals surface area contributed by atoms with Gasteiger partial charge in [-0.2, -0.15) is 0 Å². The summed E-state index contributed by atoms with van der Waals surface area (Å²) in [7, 11) is 0. The Morgan fingerprint density at radius 2 is 1.61 bits per heavy atom. The number of hydrogen-bond donors (Lipinski definition) is 0. The zero-order chi connectivity index (χ0) is 14.0. The molecular weight excluding hydrogens is 228 g/mol. The Bertz CT molecular complexity index is 208. The molecule has 0 radical (unpaired) electrons. The summed E-state index contributed by atoms with van der Waals surface area (Å²) < 4.78 is 10.4. The molecule has 0 aromatic heterocycles. The maximum absolute atomic E-state index is 11.4. The maximum Gasteiger partial charge on any atom is 0.508 e. The van der Waals surface area contributed by atoms with Gasteiger partial charge in [0.1, 0.15) is 12.2 Å². The number of rotatable bonds is 3. The Morgan fingerprint density at radius 1 is 1.11 bits per heavy atom. The number of ether oxygens (including phenoxy) is 2. The highest BCUT2D eigenvalue weighted by Gasteiger charge is 2.20. The molecule has 0 heterocycles. The lowest BCUT2D eigenvalue weighted by Crippen LogP contribution is -2.26. The zero-order valence-electron chi connectivity index (χ0n) is 12.7. The summed E-state index contributed by atoms with van der Waals surface area (Å²) in [4.78, 5) is 11.4. The molecule has 1 fully saturated rings. The standard InChI is InChI=1S/C12H22O3.C3H8/c1-9(2)10(3)14-12(13)15-11-7-5-4-6-8-11;1-3-2/h9-11H,4-8H2,1-3H3;3H2,1-2H3. The molecule has 108 valence electrons. The van der Waals surface area contributed by atoms with Gasteiger partial charge < -0.3 is 9.47 Å². The van der Waals surface area contributed by atoms with Gasteiger partial charge >= 0.3 is 6.16 Å². The molecule has 0 aliphatic heterocycles. The van der Waals surface area contributed by atoms with E-state index in [-0.39, 0.29) is 12.2 Å². The first-order chi connectivity index (χ1) is 8.51. The van der Waals surface area contributed by atoms with Crippen molar-refractivity contribution in [3.63, 3.8) is 0 Å². The van der Waals surface area contributed by atoms with Crippen molar-refractivity contribution in [3.8, 4) is 0 Å². The van der Waals surface area contributed by atoms with Crippen molar-refractivity contribution in [3.05, 3.63) is 0 Å². The Balaban J connectivity index is 0.000000873. The Morgan fingerprint density at radius 3 is 2.06 bits per heavy atom. The van der Waals surface area contributed by atoms with Gasteiger partial charge in [0.05, 0.1) is 0 Å². The van der Waals surface area contributed by atoms with Crippen LogP contribution in [-0.4, -0.2) is 18.4 Å². The van der Waals surface area contributed by atoms with Crippen LogP contribution in [-0.2, 0) is 9.47 Å². The summed E-state index contributed by atoms with van der Waals surface area (Å²) in [6.45, 7) is 10.2. The van der Waals surface area contributed by atoms with Crippen LogP contribution in [0.3, 0.4) is 0 Å². The predicted octanol–water partition coefficient (Wildman–Crippen LogP) is 4.93. The predicted molar refractivity (Wildman–Crippen MR) is 74.7 cm³/mol. The largest absolute Gasteiger partial charge is 0.508 e. The van der Waals surface area contributed by atoms with Crippen LogP contribution in [0.25, 0.3) is 0 Å². The molecule has 1 aliphatic rings. The molecule has 3 nitrogen and oxygen atoms in total. The molecule has 0 N–H and O–H groups in total. The van der Waals surface area contributed by atoms with Crippen LogP contribution >= 0.6 is 0 Å². The van der Waals surface area contributed by atoms with Crippen LogP contribution in [0.1, 0.15) is 73.1 Å². The summed E-state index contributed by atoms with van der Waals surface area (Å²) in [5.41, 5.74) is 0. The third kappa shape index (κ3) is 8.37. The van der Waals surface area contributed by atoms with Gasteiger partial charge in [0.2, 0.25) is 0 Å². The fourth-order valence-corrected chi connectivity index (χ4v) is 1.63. The highest BCUT2D eigenvalue weighted by molar-refractivity contribution is 5.60. The fraction of sp³-hybridized carbons (Fsp3) is 0.933. The van der Waals surface area contributed by atoms with Crippen molar-refractivity contribution in [2.75, 3.05) is 0 Å². The summed E-state index contributed by atoms with van der Waals surface area (Å²) in [6, 6.07) is 0. The molecule has 3 heteroatoms. The summed E-state index contributed by atoms with van der Waals surface area (Å²) in [5, 5.41) is 0. The minimum absolute atomic E-state index is 0.0684. The molecule has 1 rings (SSSR count). The smallest absolute Gasteiger partial charge is 0.431 e. The maximum atomic E-state index is 11.4. The average Bonchev–Trinajstić information content (AvgIpc) is 2.30. The molecule has 0 bridgehead atoms. The molecule has 1 unspecified atom stereocenters. The normalized spacial score (nSPS) is 17.7. The topological polar surface area (TPSA) is 35.5 Å². The van der Waals surface area contributed by atoms with Gasteiger partial charge in [-0.05, 0) is 38.5 Å². The molecule has 0 saturated heterocycles. The third-order valence-corrected chi connectivity index (χ3v) is 3.04. The van der Waals surface area contributed by atoms with E-state index < -0.39 is 6.16 Å². The van der Waals surface area contributed by atoms with Crippen LogP contribution in [0.15, 0.2) is 0 Å². The van der Waals surface area contributed by atoms with E-state index in [1.165, 1.54) is 12.8 Å². The lowest BCUT2D eigenvalue weighted by Gasteiger charge is -2.23. The number of carbonyl (C=O) groups excluding carboxylic acids is 1. The molecular formula is C15H30O3. The van der Waals surface area contributed by atoms with E-state index in [4.69, 9.17) is 9.47 Å². The van der Waals surface area contributed by atoms with Crippen molar-refractivity contribution in [1.82, 2.24) is 0 Å². The minimum Gasteiger partial charge on any atom is -0.431 e. The van der Waals surface area contributed by atoms with Gasteiger partial charge in [0.25, 0.3) is 0 Å². The van der Waals surface area contributed by atoms with Crippen LogP contribution in [0.5, 0.6) is 0 Å². The average molecular weight is 258 g/mol. The van der Waals surface area contributed by atoms with Crippen molar-refractivity contribution < 1.29 is 14.3 Å². The molecule has 18 heavy (non-hydrogen) atoms.